The lowest BCUT2D eigenvalue weighted by molar-refractivity contribution is 0.0696. The van der Waals surface area contributed by atoms with Crippen LogP contribution in [0.3, 0.4) is 0 Å². The Bertz CT molecular complexity index is 1280. The number of likely N-dealkylation sites (tertiary alicyclic amines) is 1. The number of hydrogen-bond donors (Lipinski definition) is 3. The van der Waals surface area contributed by atoms with E-state index < -0.39 is 16.0 Å². The van der Waals surface area contributed by atoms with Gasteiger partial charge >= 0.3 is 5.97 Å². The summed E-state index contributed by atoms with van der Waals surface area (Å²) in [6.07, 6.45) is 3.21. The first-order valence-corrected chi connectivity index (χ1v) is 13.1. The fraction of sp³-hybridized carbons (Fsp3) is 0.400. The van der Waals surface area contributed by atoms with Crippen molar-refractivity contribution in [1.82, 2.24) is 14.6 Å². The van der Waals surface area contributed by atoms with Crippen molar-refractivity contribution in [2.24, 2.45) is 0 Å². The molecule has 0 amide bonds. The van der Waals surface area contributed by atoms with Crippen molar-refractivity contribution in [3.05, 3.63) is 64.8 Å². The van der Waals surface area contributed by atoms with Gasteiger partial charge in [-0.2, -0.15) is 0 Å². The Morgan fingerprint density at radius 2 is 2.00 bits per heavy atom. The molecule has 3 N–H and O–H groups in total. The lowest BCUT2D eigenvalue weighted by Crippen LogP contribution is -2.46. The molecule has 4 rings (SSSR count). The number of H-pyrrole nitrogens is 1. The number of aryl methyl sites for hydroxylation is 1. The standard InChI is InChI=1S/C25H31N3O5S/c1-4-34(31,32)27-19-10-12-28(22(14-19)17-5-7-18(8-6-17)25(29)30)15-21-20-9-11-26-24(20)16(2)13-23(21)33-3/h5-9,11,13,19,22,26-27H,4,10,12,14-15H2,1-3H3,(H,29,30)/t19-,22-/m0/s1. The number of hydrogen-bond acceptors (Lipinski definition) is 5. The molecule has 8 nitrogen and oxygen atoms in total. The van der Waals surface area contributed by atoms with Gasteiger partial charge < -0.3 is 14.8 Å². The molecule has 3 aromatic rings. The second-order valence-corrected chi connectivity index (χ2v) is 10.8. The lowest BCUT2D eigenvalue weighted by Gasteiger charge is -2.40. The van der Waals surface area contributed by atoms with Gasteiger partial charge in [-0.25, -0.2) is 17.9 Å². The highest BCUT2D eigenvalue weighted by molar-refractivity contribution is 7.89. The van der Waals surface area contributed by atoms with Crippen LogP contribution in [0.4, 0.5) is 0 Å². The Kier molecular flexibility index (Phi) is 6.97. The van der Waals surface area contributed by atoms with Gasteiger partial charge in [-0.1, -0.05) is 12.1 Å². The third-order valence-electron chi connectivity index (χ3n) is 6.67. The minimum absolute atomic E-state index is 0.0389. The zero-order chi connectivity index (χ0) is 24.5. The van der Waals surface area contributed by atoms with Gasteiger partial charge in [0, 0.05) is 47.8 Å². The van der Waals surface area contributed by atoms with Crippen LogP contribution in [0.15, 0.2) is 42.6 Å². The van der Waals surface area contributed by atoms with Crippen LogP contribution in [0, 0.1) is 6.92 Å². The first kappa shape index (κ1) is 24.3. The monoisotopic (exact) mass is 485 g/mol. The van der Waals surface area contributed by atoms with Crippen LogP contribution in [0.2, 0.25) is 0 Å². The lowest BCUT2D eigenvalue weighted by atomic mass is 9.91. The molecule has 0 bridgehead atoms. The number of nitrogens with zero attached hydrogens (tertiary/aromatic N) is 1. The maximum Gasteiger partial charge on any atom is 0.335 e. The van der Waals surface area contributed by atoms with E-state index in [1.807, 2.05) is 31.3 Å². The zero-order valence-electron chi connectivity index (χ0n) is 19.7. The summed E-state index contributed by atoms with van der Waals surface area (Å²) >= 11 is 0. The number of carboxylic acids is 1. The molecule has 1 aliphatic rings. The number of carbonyl (C=O) groups is 1. The fourth-order valence-electron chi connectivity index (χ4n) is 4.83. The molecule has 182 valence electrons. The highest BCUT2D eigenvalue weighted by atomic mass is 32.2. The summed E-state index contributed by atoms with van der Waals surface area (Å²) in [4.78, 5) is 17.0. The van der Waals surface area contributed by atoms with E-state index in [9.17, 15) is 18.3 Å². The van der Waals surface area contributed by atoms with Gasteiger partial charge in [-0.3, -0.25) is 4.90 Å². The van der Waals surface area contributed by atoms with Gasteiger partial charge in [0.15, 0.2) is 0 Å². The normalized spacial score (nSPS) is 19.4. The zero-order valence-corrected chi connectivity index (χ0v) is 20.5. The number of sulfonamides is 1. The highest BCUT2D eigenvalue weighted by Gasteiger charge is 2.32. The predicted octanol–water partition coefficient (Wildman–Crippen LogP) is 3.83. The number of ether oxygens (including phenoxy) is 1. The van der Waals surface area contributed by atoms with E-state index in [1.165, 1.54) is 0 Å². The van der Waals surface area contributed by atoms with Crippen molar-refractivity contribution in [2.75, 3.05) is 19.4 Å². The van der Waals surface area contributed by atoms with Crippen LogP contribution < -0.4 is 9.46 Å². The van der Waals surface area contributed by atoms with Crippen molar-refractivity contribution in [3.63, 3.8) is 0 Å². The third-order valence-corrected chi connectivity index (χ3v) is 8.13. The summed E-state index contributed by atoms with van der Waals surface area (Å²) in [6.45, 7) is 4.98. The number of fused-ring (bicyclic) bond motifs is 1. The summed E-state index contributed by atoms with van der Waals surface area (Å²) in [7, 11) is -1.65. The van der Waals surface area contributed by atoms with Crippen molar-refractivity contribution >= 4 is 26.9 Å². The van der Waals surface area contributed by atoms with Gasteiger partial charge in [0.1, 0.15) is 5.75 Å². The Labute approximate surface area is 200 Å². The number of aromatic amines is 1. The average Bonchev–Trinajstić information content (AvgIpc) is 3.32. The van der Waals surface area contributed by atoms with Crippen LogP contribution >= 0.6 is 0 Å². The van der Waals surface area contributed by atoms with E-state index >= 15 is 0 Å². The molecule has 1 aromatic heterocycles. The highest BCUT2D eigenvalue weighted by Crippen LogP contribution is 2.37. The van der Waals surface area contributed by atoms with Crippen LogP contribution in [-0.2, 0) is 16.6 Å². The Morgan fingerprint density at radius 3 is 2.65 bits per heavy atom. The van der Waals surface area contributed by atoms with E-state index in [0.29, 0.717) is 25.9 Å². The summed E-state index contributed by atoms with van der Waals surface area (Å²) in [5.74, 6) is -0.115. The topological polar surface area (TPSA) is 112 Å². The number of carboxylic acid groups (broad SMARTS) is 1. The molecule has 0 unspecified atom stereocenters. The van der Waals surface area contributed by atoms with Crippen molar-refractivity contribution in [1.29, 1.82) is 0 Å². The van der Waals surface area contributed by atoms with Gasteiger partial charge in [0.05, 0.1) is 18.4 Å². The van der Waals surface area contributed by atoms with E-state index in [4.69, 9.17) is 4.74 Å². The smallest absolute Gasteiger partial charge is 0.335 e. The van der Waals surface area contributed by atoms with Gasteiger partial charge in [-0.05, 0) is 62.1 Å². The van der Waals surface area contributed by atoms with E-state index in [-0.39, 0.29) is 23.4 Å². The van der Waals surface area contributed by atoms with Crippen LogP contribution in [0.25, 0.3) is 10.9 Å². The SMILES string of the molecule is CCS(=O)(=O)N[C@H]1CCN(Cc2c(OC)cc(C)c3[nH]ccc23)[C@H](c2ccc(C(=O)O)cc2)C1. The average molecular weight is 486 g/mol. The van der Waals surface area contributed by atoms with E-state index in [2.05, 4.69) is 20.7 Å². The number of rotatable bonds is 8. The maximum atomic E-state index is 12.2. The van der Waals surface area contributed by atoms with Gasteiger partial charge in [0.25, 0.3) is 0 Å². The molecule has 1 aliphatic heterocycles. The van der Waals surface area contributed by atoms with Gasteiger partial charge in [0.2, 0.25) is 10.0 Å². The van der Waals surface area contributed by atoms with Crippen molar-refractivity contribution in [3.8, 4) is 5.75 Å². The number of piperidine rings is 1. The number of methoxy groups -OCH3 is 1. The molecule has 0 radical (unpaired) electrons. The minimum Gasteiger partial charge on any atom is -0.496 e. The van der Waals surface area contributed by atoms with Crippen LogP contribution in [0.1, 0.15) is 52.9 Å². The number of aromatic carboxylic acids is 1. The first-order chi connectivity index (χ1) is 16.2. The maximum absolute atomic E-state index is 12.2. The molecule has 0 aliphatic carbocycles. The molecule has 1 saturated heterocycles. The van der Waals surface area contributed by atoms with Crippen molar-refractivity contribution in [2.45, 2.75) is 45.3 Å². The largest absolute Gasteiger partial charge is 0.496 e. The Morgan fingerprint density at radius 1 is 1.26 bits per heavy atom. The Balaban J connectivity index is 1.69. The van der Waals surface area contributed by atoms with Crippen molar-refractivity contribution < 1.29 is 23.1 Å². The molecule has 2 heterocycles. The third kappa shape index (κ3) is 4.96. The predicted molar refractivity (Wildman–Crippen MR) is 132 cm³/mol. The number of aromatic nitrogens is 1. The molecular formula is C25H31N3O5S. The quantitative estimate of drug-likeness (QED) is 0.447. The molecule has 2 atom stereocenters. The summed E-state index contributed by atoms with van der Waals surface area (Å²) < 4.78 is 33.0. The first-order valence-electron chi connectivity index (χ1n) is 11.4. The number of benzene rings is 2. The minimum atomic E-state index is -3.33. The summed E-state index contributed by atoms with van der Waals surface area (Å²) in [5.41, 5.74) is 4.44. The van der Waals surface area contributed by atoms with Gasteiger partial charge in [-0.15, -0.1) is 0 Å². The second-order valence-electron chi connectivity index (χ2n) is 8.80. The fourth-order valence-corrected chi connectivity index (χ4v) is 5.71. The molecule has 34 heavy (non-hydrogen) atoms. The molecular weight excluding hydrogens is 454 g/mol. The molecule has 1 fully saturated rings. The van der Waals surface area contributed by atoms with E-state index in [0.717, 1.165) is 33.3 Å². The number of nitrogens with one attached hydrogen (secondary N) is 2. The summed E-state index contributed by atoms with van der Waals surface area (Å²) in [6, 6.07) is 10.7. The summed E-state index contributed by atoms with van der Waals surface area (Å²) in [5, 5.41) is 10.4. The second kappa shape index (κ2) is 9.77. The molecule has 0 spiro atoms. The van der Waals surface area contributed by atoms with Crippen LogP contribution in [-0.4, -0.2) is 54.8 Å². The van der Waals surface area contributed by atoms with Crippen LogP contribution in [0.5, 0.6) is 5.75 Å². The Hall–Kier alpha value is -2.88. The molecule has 2 aromatic carbocycles. The molecule has 9 heteroatoms. The molecule has 0 saturated carbocycles. The van der Waals surface area contributed by atoms with E-state index in [1.54, 1.807) is 26.2 Å².